The Hall–Kier alpha value is -1.44. The molecular weight excluding hydrogens is 160 g/mol. The summed E-state index contributed by atoms with van der Waals surface area (Å²) in [6.07, 6.45) is 10.6. The van der Waals surface area contributed by atoms with Gasteiger partial charge < -0.3 is 0 Å². The quantitative estimate of drug-likeness (QED) is 0.464. The zero-order chi connectivity index (χ0) is 8.81. The monoisotopic (exact) mass is 170 g/mol. The van der Waals surface area contributed by atoms with Crippen molar-refractivity contribution in [2.24, 2.45) is 0 Å². The van der Waals surface area contributed by atoms with Gasteiger partial charge in [-0.25, -0.2) is 0 Å². The van der Waals surface area contributed by atoms with Crippen molar-refractivity contribution >= 4 is 8.80 Å². The summed E-state index contributed by atoms with van der Waals surface area (Å²) in [4.78, 5) is 0. The highest BCUT2D eigenvalue weighted by Gasteiger charge is 2.03. The van der Waals surface area contributed by atoms with Crippen LogP contribution in [0, 0.1) is 23.9 Å². The van der Waals surface area contributed by atoms with Crippen LogP contribution in [-0.4, -0.2) is 8.80 Å². The van der Waals surface area contributed by atoms with Gasteiger partial charge in [0.15, 0.2) is 0 Å². The predicted octanol–water partition coefficient (Wildman–Crippen LogP) is 1.34. The van der Waals surface area contributed by atoms with Crippen molar-refractivity contribution in [2.45, 2.75) is 6.04 Å². The molecule has 1 heteroatoms. The van der Waals surface area contributed by atoms with Gasteiger partial charge in [-0.3, -0.25) is 0 Å². The molecule has 0 aliphatic heterocycles. The molecule has 0 spiro atoms. The molecule has 0 aromatic heterocycles. The van der Waals surface area contributed by atoms with E-state index >= 15 is 0 Å². The van der Waals surface area contributed by atoms with Crippen LogP contribution in [0.5, 0.6) is 0 Å². The van der Waals surface area contributed by atoms with E-state index < -0.39 is 8.80 Å². The predicted molar refractivity (Wildman–Crippen MR) is 55.0 cm³/mol. The smallest absolute Gasteiger partial charge is 0.126 e. The fraction of sp³-hybridized carbons (Fsp3) is 0.0909. The molecule has 0 N–H and O–H groups in total. The Morgan fingerprint density at radius 3 is 2.17 bits per heavy atom. The number of hydrogen-bond donors (Lipinski definition) is 0. The van der Waals surface area contributed by atoms with Crippen LogP contribution in [0.3, 0.4) is 0 Å². The molecule has 0 saturated carbocycles. The van der Waals surface area contributed by atoms with Gasteiger partial charge in [-0.05, 0) is 11.6 Å². The SMILES string of the molecule is C#C[SiH](C#C)Cc1ccccc1. The molecule has 1 aromatic rings. The second-order valence-electron chi connectivity index (χ2n) is 2.58. The zero-order valence-electron chi connectivity index (χ0n) is 6.83. The van der Waals surface area contributed by atoms with E-state index in [0.29, 0.717) is 0 Å². The zero-order valence-corrected chi connectivity index (χ0v) is 7.98. The molecule has 0 amide bonds. The van der Waals surface area contributed by atoms with Gasteiger partial charge in [-0.2, -0.15) is 0 Å². The van der Waals surface area contributed by atoms with Gasteiger partial charge in [0.1, 0.15) is 0 Å². The molecule has 0 nitrogen and oxygen atoms in total. The van der Waals surface area contributed by atoms with E-state index in [1.54, 1.807) is 0 Å². The molecule has 0 bridgehead atoms. The fourth-order valence-electron chi connectivity index (χ4n) is 1.02. The Balaban J connectivity index is 2.66. The van der Waals surface area contributed by atoms with Gasteiger partial charge in [-0.15, -0.1) is 23.9 Å². The summed E-state index contributed by atoms with van der Waals surface area (Å²) in [7, 11) is -1.36. The number of hydrogen-bond acceptors (Lipinski definition) is 0. The Labute approximate surface area is 75.2 Å². The van der Waals surface area contributed by atoms with E-state index in [0.717, 1.165) is 6.04 Å². The molecule has 12 heavy (non-hydrogen) atoms. The average Bonchev–Trinajstić information content (AvgIpc) is 2.16. The lowest BCUT2D eigenvalue weighted by Crippen LogP contribution is -2.11. The van der Waals surface area contributed by atoms with E-state index in [-0.39, 0.29) is 0 Å². The van der Waals surface area contributed by atoms with Crippen LogP contribution in [0.4, 0.5) is 0 Å². The lowest BCUT2D eigenvalue weighted by molar-refractivity contribution is 1.38. The summed E-state index contributed by atoms with van der Waals surface area (Å²) in [6, 6.07) is 11.0. The number of terminal acetylenes is 2. The van der Waals surface area contributed by atoms with Gasteiger partial charge >= 0.3 is 0 Å². The number of rotatable bonds is 2. The van der Waals surface area contributed by atoms with Crippen LogP contribution >= 0.6 is 0 Å². The van der Waals surface area contributed by atoms with Crippen molar-refractivity contribution in [2.75, 3.05) is 0 Å². The summed E-state index contributed by atoms with van der Waals surface area (Å²) in [5.41, 5.74) is 6.66. The van der Waals surface area contributed by atoms with Gasteiger partial charge in [0, 0.05) is 0 Å². The van der Waals surface area contributed by atoms with Crippen LogP contribution < -0.4 is 0 Å². The minimum absolute atomic E-state index is 0.911. The Morgan fingerprint density at radius 2 is 1.67 bits per heavy atom. The summed E-state index contributed by atoms with van der Waals surface area (Å²) in [6.45, 7) is 0. The molecule has 0 saturated heterocycles. The Bertz CT molecular complexity index is 299. The fourth-order valence-corrected chi connectivity index (χ4v) is 2.09. The molecule has 0 aliphatic rings. The second kappa shape index (κ2) is 4.44. The minimum atomic E-state index is -1.36. The largest absolute Gasteiger partial charge is 0.205 e. The highest BCUT2D eigenvalue weighted by molar-refractivity contribution is 6.74. The summed E-state index contributed by atoms with van der Waals surface area (Å²) in [5.74, 6) is 0. The van der Waals surface area contributed by atoms with Crippen LogP contribution in [-0.2, 0) is 6.04 Å². The molecule has 0 radical (unpaired) electrons. The molecule has 0 atom stereocenters. The summed E-state index contributed by atoms with van der Waals surface area (Å²) < 4.78 is 0. The first-order chi connectivity index (χ1) is 5.86. The van der Waals surface area contributed by atoms with Gasteiger partial charge in [0.05, 0.1) is 0 Å². The first kappa shape index (κ1) is 8.65. The number of benzene rings is 1. The van der Waals surface area contributed by atoms with E-state index in [1.165, 1.54) is 5.56 Å². The first-order valence-corrected chi connectivity index (χ1v) is 5.80. The van der Waals surface area contributed by atoms with E-state index in [9.17, 15) is 0 Å². The Kier molecular flexibility index (Phi) is 3.20. The van der Waals surface area contributed by atoms with Crippen LogP contribution in [0.1, 0.15) is 5.56 Å². The van der Waals surface area contributed by atoms with Crippen molar-refractivity contribution in [3.63, 3.8) is 0 Å². The second-order valence-corrected chi connectivity index (χ2v) is 4.76. The van der Waals surface area contributed by atoms with Crippen molar-refractivity contribution in [1.29, 1.82) is 0 Å². The Morgan fingerprint density at radius 1 is 1.08 bits per heavy atom. The van der Waals surface area contributed by atoms with Gasteiger partial charge in [0.2, 0.25) is 8.80 Å². The third kappa shape index (κ3) is 2.31. The lowest BCUT2D eigenvalue weighted by Gasteiger charge is -1.99. The molecule has 0 fully saturated rings. The molecular formula is C11H10Si. The third-order valence-electron chi connectivity index (χ3n) is 1.69. The molecule has 0 heterocycles. The molecule has 0 unspecified atom stereocenters. The maximum Gasteiger partial charge on any atom is 0.205 e. The normalized spacial score (nSPS) is 8.92. The molecule has 58 valence electrons. The van der Waals surface area contributed by atoms with Crippen molar-refractivity contribution in [3.05, 3.63) is 35.9 Å². The highest BCUT2D eigenvalue weighted by Crippen LogP contribution is 2.00. The highest BCUT2D eigenvalue weighted by atomic mass is 28.3. The van der Waals surface area contributed by atoms with Crippen molar-refractivity contribution in [1.82, 2.24) is 0 Å². The summed E-state index contributed by atoms with van der Waals surface area (Å²) in [5, 5.41) is 0. The molecule has 0 aliphatic carbocycles. The van der Waals surface area contributed by atoms with Crippen LogP contribution in [0.15, 0.2) is 30.3 Å². The van der Waals surface area contributed by atoms with E-state index in [1.807, 2.05) is 18.2 Å². The van der Waals surface area contributed by atoms with Crippen LogP contribution in [0.2, 0.25) is 0 Å². The molecule has 1 rings (SSSR count). The topological polar surface area (TPSA) is 0 Å². The van der Waals surface area contributed by atoms with Gasteiger partial charge in [0.25, 0.3) is 0 Å². The van der Waals surface area contributed by atoms with Crippen LogP contribution in [0.25, 0.3) is 0 Å². The average molecular weight is 170 g/mol. The van der Waals surface area contributed by atoms with Crippen molar-refractivity contribution in [3.8, 4) is 23.9 Å². The third-order valence-corrected chi connectivity index (χ3v) is 3.37. The van der Waals surface area contributed by atoms with E-state index in [2.05, 4.69) is 23.2 Å². The maximum atomic E-state index is 5.30. The first-order valence-electron chi connectivity index (χ1n) is 3.83. The lowest BCUT2D eigenvalue weighted by atomic mass is 10.2. The summed E-state index contributed by atoms with van der Waals surface area (Å²) >= 11 is 0. The standard InChI is InChI=1S/C11H10Si/c1-3-12(4-2)10-11-8-6-5-7-9-11/h1-2,5-9,12H,10H2. The van der Waals surface area contributed by atoms with Gasteiger partial charge in [-0.1, -0.05) is 30.3 Å². The van der Waals surface area contributed by atoms with E-state index in [4.69, 9.17) is 12.8 Å². The minimum Gasteiger partial charge on any atom is -0.126 e. The van der Waals surface area contributed by atoms with Crippen molar-refractivity contribution < 1.29 is 0 Å². The molecule has 1 aromatic carbocycles. The maximum absolute atomic E-state index is 5.30.